The lowest BCUT2D eigenvalue weighted by molar-refractivity contribution is 0.271. The van der Waals surface area contributed by atoms with Gasteiger partial charge in [0, 0.05) is 12.1 Å². The van der Waals surface area contributed by atoms with Gasteiger partial charge in [0.15, 0.2) is 5.03 Å². The Balaban J connectivity index is 1.76. The topological polar surface area (TPSA) is 68.1 Å². The van der Waals surface area contributed by atoms with Crippen molar-refractivity contribution in [2.45, 2.75) is 36.8 Å². The quantitative estimate of drug-likeness (QED) is 0.865. The average molecular weight is 322 g/mol. The monoisotopic (exact) mass is 322 g/mol. The summed E-state index contributed by atoms with van der Waals surface area (Å²) >= 11 is 0. The van der Waals surface area contributed by atoms with Gasteiger partial charge in [-0.05, 0) is 37.8 Å². The van der Waals surface area contributed by atoms with Crippen LogP contribution in [0.5, 0.6) is 0 Å². The number of fused-ring (bicyclic) bond motifs is 1. The zero-order valence-electron chi connectivity index (χ0n) is 11.8. The third-order valence-corrected chi connectivity index (χ3v) is 6.13. The van der Waals surface area contributed by atoms with Crippen molar-refractivity contribution in [3.05, 3.63) is 35.9 Å². The summed E-state index contributed by atoms with van der Waals surface area (Å²) < 4.78 is 42.0. The molecule has 1 aliphatic carbocycles. The molecule has 0 N–H and O–H groups in total. The summed E-state index contributed by atoms with van der Waals surface area (Å²) in [5, 5.41) is 4.37. The highest BCUT2D eigenvalue weighted by Crippen LogP contribution is 2.36. The van der Waals surface area contributed by atoms with Crippen LogP contribution in [0.15, 0.2) is 29.6 Å². The van der Waals surface area contributed by atoms with Gasteiger partial charge in [-0.3, -0.25) is 0 Å². The number of halogens is 1. The van der Waals surface area contributed by atoms with E-state index in [0.29, 0.717) is 17.8 Å². The van der Waals surface area contributed by atoms with Gasteiger partial charge in [-0.25, -0.2) is 18.4 Å². The number of sulfonamides is 1. The molecule has 6 nitrogen and oxygen atoms in total. The van der Waals surface area contributed by atoms with Crippen LogP contribution in [-0.2, 0) is 16.4 Å². The van der Waals surface area contributed by atoms with Crippen LogP contribution in [0.3, 0.4) is 0 Å². The maximum Gasteiger partial charge on any atom is 0.282 e. The summed E-state index contributed by atoms with van der Waals surface area (Å²) in [7, 11) is -3.72. The molecule has 22 heavy (non-hydrogen) atoms. The summed E-state index contributed by atoms with van der Waals surface area (Å²) in [4.78, 5) is 3.97. The molecule has 2 aromatic rings. The summed E-state index contributed by atoms with van der Waals surface area (Å²) in [5.74, 6) is -0.125. The minimum Gasteiger partial charge on any atom is -0.249 e. The van der Waals surface area contributed by atoms with E-state index in [-0.39, 0.29) is 17.6 Å². The Labute approximate surface area is 127 Å². The van der Waals surface area contributed by atoms with Crippen LogP contribution in [0, 0.1) is 5.82 Å². The third kappa shape index (κ3) is 1.93. The Morgan fingerprint density at radius 3 is 2.86 bits per heavy atom. The fraction of sp³-hybridized carbons (Fsp3) is 0.429. The molecule has 4 rings (SSSR count). The number of rotatable bonds is 3. The molecule has 1 aliphatic heterocycles. The first-order valence-electron chi connectivity index (χ1n) is 7.28. The number of pyridine rings is 1. The predicted octanol–water partition coefficient (Wildman–Crippen LogP) is 1.89. The normalized spacial score (nSPS) is 18.3. The smallest absolute Gasteiger partial charge is 0.249 e. The number of anilines is 1. The third-order valence-electron chi connectivity index (χ3n) is 4.34. The minimum atomic E-state index is -3.72. The fourth-order valence-electron chi connectivity index (χ4n) is 2.97. The van der Waals surface area contributed by atoms with Gasteiger partial charge in [-0.1, -0.05) is 0 Å². The summed E-state index contributed by atoms with van der Waals surface area (Å²) in [6.07, 6.45) is 6.03. The van der Waals surface area contributed by atoms with E-state index in [1.165, 1.54) is 22.6 Å². The molecule has 1 fully saturated rings. The largest absolute Gasteiger partial charge is 0.282 e. The lowest BCUT2D eigenvalue weighted by atomic mass is 9.93. The first-order valence-corrected chi connectivity index (χ1v) is 8.72. The van der Waals surface area contributed by atoms with Crippen LogP contribution in [0.4, 0.5) is 10.2 Å². The molecule has 0 spiro atoms. The molecule has 0 amide bonds. The van der Waals surface area contributed by atoms with E-state index in [4.69, 9.17) is 0 Å². The Morgan fingerprint density at radius 1 is 1.32 bits per heavy atom. The minimum absolute atomic E-state index is 0.156. The second kappa shape index (κ2) is 4.77. The molecule has 116 valence electrons. The Hall–Kier alpha value is -1.96. The van der Waals surface area contributed by atoms with Crippen LogP contribution >= 0.6 is 0 Å². The first-order chi connectivity index (χ1) is 10.6. The van der Waals surface area contributed by atoms with Crippen molar-refractivity contribution in [2.24, 2.45) is 0 Å². The van der Waals surface area contributed by atoms with Crippen molar-refractivity contribution in [3.63, 3.8) is 0 Å². The van der Waals surface area contributed by atoms with Crippen LogP contribution in [0.2, 0.25) is 0 Å². The van der Waals surface area contributed by atoms with E-state index in [9.17, 15) is 12.8 Å². The van der Waals surface area contributed by atoms with Gasteiger partial charge in [0.1, 0.15) is 11.6 Å². The lowest BCUT2D eigenvalue weighted by Crippen LogP contribution is -2.33. The SMILES string of the molecule is O=S(=O)(c1ccnn1C1CCC1)N1CCc2cc(F)cnc21. The molecule has 0 unspecified atom stereocenters. The van der Waals surface area contributed by atoms with Gasteiger partial charge in [-0.15, -0.1) is 0 Å². The molecule has 3 heterocycles. The molecule has 0 atom stereocenters. The Kier molecular flexibility index (Phi) is 2.97. The van der Waals surface area contributed by atoms with Gasteiger partial charge in [-0.2, -0.15) is 13.5 Å². The van der Waals surface area contributed by atoms with Crippen molar-refractivity contribution in [2.75, 3.05) is 10.8 Å². The van der Waals surface area contributed by atoms with Gasteiger partial charge >= 0.3 is 0 Å². The van der Waals surface area contributed by atoms with Crippen molar-refractivity contribution < 1.29 is 12.8 Å². The highest BCUT2D eigenvalue weighted by Gasteiger charge is 2.36. The highest BCUT2D eigenvalue weighted by molar-refractivity contribution is 7.92. The van der Waals surface area contributed by atoms with Crippen LogP contribution in [0.1, 0.15) is 30.9 Å². The van der Waals surface area contributed by atoms with E-state index in [1.807, 2.05) is 0 Å². The fourth-order valence-corrected chi connectivity index (χ4v) is 4.58. The van der Waals surface area contributed by atoms with Crippen molar-refractivity contribution >= 4 is 15.8 Å². The van der Waals surface area contributed by atoms with Crippen LogP contribution in [-0.4, -0.2) is 29.7 Å². The maximum atomic E-state index is 13.2. The molecule has 2 aliphatic rings. The molecular weight excluding hydrogens is 307 g/mol. The predicted molar refractivity (Wildman–Crippen MR) is 77.5 cm³/mol. The van der Waals surface area contributed by atoms with E-state index < -0.39 is 15.8 Å². The van der Waals surface area contributed by atoms with Gasteiger partial charge in [0.05, 0.1) is 18.4 Å². The maximum absolute atomic E-state index is 13.2. The molecular formula is C14H15FN4O2S. The van der Waals surface area contributed by atoms with Crippen LogP contribution in [0.25, 0.3) is 0 Å². The molecule has 0 radical (unpaired) electrons. The molecule has 0 bridgehead atoms. The second-order valence-corrected chi connectivity index (χ2v) is 7.47. The number of nitrogens with zero attached hydrogens (tertiary/aromatic N) is 4. The zero-order valence-corrected chi connectivity index (χ0v) is 12.6. The number of hydrogen-bond acceptors (Lipinski definition) is 4. The lowest BCUT2D eigenvalue weighted by Gasteiger charge is -2.28. The van der Waals surface area contributed by atoms with E-state index in [0.717, 1.165) is 25.5 Å². The van der Waals surface area contributed by atoms with Crippen molar-refractivity contribution in [3.8, 4) is 0 Å². The van der Waals surface area contributed by atoms with Crippen molar-refractivity contribution in [1.82, 2.24) is 14.8 Å². The summed E-state index contributed by atoms with van der Waals surface area (Å²) in [6.45, 7) is 0.282. The van der Waals surface area contributed by atoms with E-state index >= 15 is 0 Å². The number of aromatic nitrogens is 3. The van der Waals surface area contributed by atoms with Gasteiger partial charge in [0.2, 0.25) is 0 Å². The second-order valence-electron chi connectivity index (χ2n) is 5.66. The summed E-state index contributed by atoms with van der Waals surface area (Å²) in [6, 6.07) is 3.03. The van der Waals surface area contributed by atoms with Crippen molar-refractivity contribution in [1.29, 1.82) is 0 Å². The van der Waals surface area contributed by atoms with Crippen LogP contribution < -0.4 is 4.31 Å². The standard InChI is InChI=1S/C14H15FN4O2S/c15-11-8-10-5-7-18(14(10)16-9-11)22(20,21)13-4-6-17-19(13)12-2-1-3-12/h4,6,8-9,12H,1-3,5,7H2. The first kappa shape index (κ1) is 13.7. The van der Waals surface area contributed by atoms with E-state index in [1.54, 1.807) is 4.68 Å². The molecule has 1 saturated carbocycles. The van der Waals surface area contributed by atoms with E-state index in [2.05, 4.69) is 10.1 Å². The Morgan fingerprint density at radius 2 is 2.14 bits per heavy atom. The molecule has 0 aromatic carbocycles. The average Bonchev–Trinajstić information content (AvgIpc) is 3.03. The summed E-state index contributed by atoms with van der Waals surface area (Å²) in [5.41, 5.74) is 0.623. The molecule has 2 aromatic heterocycles. The Bertz CT molecular complexity index is 829. The zero-order chi connectivity index (χ0) is 15.3. The van der Waals surface area contributed by atoms with Gasteiger partial charge in [0.25, 0.3) is 10.0 Å². The highest BCUT2D eigenvalue weighted by atomic mass is 32.2. The number of hydrogen-bond donors (Lipinski definition) is 0. The molecule has 0 saturated heterocycles. The van der Waals surface area contributed by atoms with Gasteiger partial charge < -0.3 is 0 Å². The molecule has 8 heteroatoms.